The number of hydrogen-bond acceptors (Lipinski definition) is 3. The zero-order chi connectivity index (χ0) is 12.2. The fourth-order valence-corrected chi connectivity index (χ4v) is 2.09. The molecule has 0 saturated heterocycles. The molecule has 0 bridgehead atoms. The van der Waals surface area contributed by atoms with Crippen LogP contribution in [0.3, 0.4) is 0 Å². The van der Waals surface area contributed by atoms with Crippen molar-refractivity contribution in [3.05, 3.63) is 21.3 Å². The summed E-state index contributed by atoms with van der Waals surface area (Å²) in [6.45, 7) is -1.93. The maximum atomic E-state index is 11.7. The molecule has 2 nitrogen and oxygen atoms in total. The van der Waals surface area contributed by atoms with Crippen molar-refractivity contribution in [1.82, 2.24) is 0 Å². The number of rotatable bonds is 5. The molecule has 0 spiro atoms. The number of ether oxygens (including phenoxy) is 1. The Bertz CT molecular complexity index is 362. The van der Waals surface area contributed by atoms with E-state index < -0.39 is 25.2 Å². The first-order valence-corrected chi connectivity index (χ1v) is 5.47. The Morgan fingerprint density at radius 3 is 2.62 bits per heavy atom. The van der Waals surface area contributed by atoms with E-state index in [0.29, 0.717) is 9.21 Å². The minimum Gasteiger partial charge on any atom is -0.364 e. The Morgan fingerprint density at radius 1 is 1.44 bits per heavy atom. The molecule has 16 heavy (non-hydrogen) atoms. The lowest BCUT2D eigenvalue weighted by Crippen LogP contribution is -2.21. The van der Waals surface area contributed by atoms with Crippen LogP contribution in [0, 0.1) is 0 Å². The van der Waals surface area contributed by atoms with Crippen LogP contribution in [0.4, 0.5) is 13.2 Å². The molecular weight excluding hydrogens is 265 g/mol. The third-order valence-corrected chi connectivity index (χ3v) is 2.76. The first-order valence-electron chi connectivity index (χ1n) is 4.27. The average molecular weight is 273 g/mol. The molecule has 0 aliphatic carbocycles. The molecule has 0 N–H and O–H groups in total. The van der Waals surface area contributed by atoms with E-state index in [-0.39, 0.29) is 6.42 Å². The zero-order valence-corrected chi connectivity index (χ0v) is 9.59. The van der Waals surface area contributed by atoms with Gasteiger partial charge >= 0.3 is 6.18 Å². The number of Topliss-reactive ketones (excluding diaryl/α,β-unsaturated/α-hetero) is 1. The molecule has 90 valence electrons. The largest absolute Gasteiger partial charge is 0.411 e. The van der Waals surface area contributed by atoms with E-state index in [2.05, 4.69) is 4.74 Å². The third kappa shape index (κ3) is 5.48. The van der Waals surface area contributed by atoms with E-state index in [1.165, 1.54) is 11.3 Å². The monoisotopic (exact) mass is 272 g/mol. The first kappa shape index (κ1) is 13.5. The Kier molecular flexibility index (Phi) is 4.76. The summed E-state index contributed by atoms with van der Waals surface area (Å²) >= 11 is 6.86. The van der Waals surface area contributed by atoms with E-state index in [1.54, 1.807) is 12.1 Å². The smallest absolute Gasteiger partial charge is 0.364 e. The van der Waals surface area contributed by atoms with Gasteiger partial charge in [-0.15, -0.1) is 11.3 Å². The number of carbonyl (C=O) groups excluding carboxylic acids is 1. The molecule has 0 atom stereocenters. The molecule has 0 unspecified atom stereocenters. The third-order valence-electron chi connectivity index (χ3n) is 1.53. The fourth-order valence-electron chi connectivity index (χ4n) is 0.973. The Morgan fingerprint density at radius 2 is 2.12 bits per heavy atom. The topological polar surface area (TPSA) is 26.3 Å². The summed E-state index contributed by atoms with van der Waals surface area (Å²) < 4.78 is 39.8. The van der Waals surface area contributed by atoms with Gasteiger partial charge in [-0.2, -0.15) is 13.2 Å². The summed E-state index contributed by atoms with van der Waals surface area (Å²) in [5, 5.41) is 0. The summed E-state index contributed by atoms with van der Waals surface area (Å²) in [5.74, 6) is -0.400. The van der Waals surface area contributed by atoms with E-state index in [1.807, 2.05) is 0 Å². The number of alkyl halides is 3. The van der Waals surface area contributed by atoms with E-state index in [9.17, 15) is 18.0 Å². The van der Waals surface area contributed by atoms with Gasteiger partial charge in [0.25, 0.3) is 0 Å². The van der Waals surface area contributed by atoms with Crippen LogP contribution in [0.5, 0.6) is 0 Å². The molecule has 1 heterocycles. The van der Waals surface area contributed by atoms with Gasteiger partial charge in [-0.3, -0.25) is 4.79 Å². The van der Waals surface area contributed by atoms with Gasteiger partial charge in [-0.1, -0.05) is 11.6 Å². The summed E-state index contributed by atoms with van der Waals surface area (Å²) in [7, 11) is 0. The highest BCUT2D eigenvalue weighted by atomic mass is 35.5. The molecule has 0 amide bonds. The molecule has 0 aromatic carbocycles. The Labute approximate surface area is 99.0 Å². The van der Waals surface area contributed by atoms with Crippen molar-refractivity contribution in [1.29, 1.82) is 0 Å². The lowest BCUT2D eigenvalue weighted by Gasteiger charge is -2.06. The van der Waals surface area contributed by atoms with Crippen molar-refractivity contribution < 1.29 is 22.7 Å². The van der Waals surface area contributed by atoms with E-state index in [0.717, 1.165) is 0 Å². The van der Waals surface area contributed by atoms with Gasteiger partial charge < -0.3 is 4.74 Å². The second kappa shape index (κ2) is 5.65. The molecule has 0 fully saturated rings. The maximum Gasteiger partial charge on any atom is 0.411 e. The first-order chi connectivity index (χ1) is 7.37. The standard InChI is InChI=1S/C9H8ClF3O2S/c10-8-2-1-7(16-8)3-6(14)4-15-5-9(11,12)13/h1-2H,3-5H2. The van der Waals surface area contributed by atoms with Crippen LogP contribution in [-0.2, 0) is 16.0 Å². The van der Waals surface area contributed by atoms with E-state index >= 15 is 0 Å². The van der Waals surface area contributed by atoms with Crippen molar-refractivity contribution in [2.45, 2.75) is 12.6 Å². The van der Waals surface area contributed by atoms with Crippen LogP contribution in [0.25, 0.3) is 0 Å². The number of hydrogen-bond donors (Lipinski definition) is 0. The van der Waals surface area contributed by atoms with Gasteiger partial charge in [0.2, 0.25) is 0 Å². The van der Waals surface area contributed by atoms with Gasteiger partial charge in [-0.25, -0.2) is 0 Å². The van der Waals surface area contributed by atoms with Crippen LogP contribution in [0.1, 0.15) is 4.88 Å². The van der Waals surface area contributed by atoms with Crippen LogP contribution in [0.15, 0.2) is 12.1 Å². The van der Waals surface area contributed by atoms with Crippen LogP contribution in [-0.4, -0.2) is 25.2 Å². The summed E-state index contributed by atoms with van der Waals surface area (Å²) in [4.78, 5) is 11.9. The second-order valence-corrected chi connectivity index (χ2v) is 4.83. The van der Waals surface area contributed by atoms with Crippen molar-refractivity contribution in [3.8, 4) is 0 Å². The summed E-state index contributed by atoms with van der Waals surface area (Å²) in [6.07, 6.45) is -4.35. The quantitative estimate of drug-likeness (QED) is 0.823. The SMILES string of the molecule is O=C(COCC(F)(F)F)Cc1ccc(Cl)s1. The predicted octanol–water partition coefficient (Wildman–Crippen LogP) is 3.09. The average Bonchev–Trinajstić information content (AvgIpc) is 2.48. The molecular formula is C9H8ClF3O2S. The number of thiophene rings is 1. The number of ketones is 1. The molecule has 1 aromatic heterocycles. The summed E-state index contributed by atoms with van der Waals surface area (Å²) in [5.41, 5.74) is 0. The highest BCUT2D eigenvalue weighted by Crippen LogP contribution is 2.22. The van der Waals surface area contributed by atoms with Crippen LogP contribution in [0.2, 0.25) is 4.34 Å². The van der Waals surface area contributed by atoms with Crippen molar-refractivity contribution >= 4 is 28.7 Å². The minimum atomic E-state index is -4.40. The predicted molar refractivity (Wildman–Crippen MR) is 54.9 cm³/mol. The molecule has 0 saturated carbocycles. The maximum absolute atomic E-state index is 11.7. The summed E-state index contributed by atoms with van der Waals surface area (Å²) in [6, 6.07) is 3.29. The lowest BCUT2D eigenvalue weighted by molar-refractivity contribution is -0.175. The van der Waals surface area contributed by atoms with Gasteiger partial charge in [0.05, 0.1) is 4.34 Å². The highest BCUT2D eigenvalue weighted by Gasteiger charge is 2.27. The highest BCUT2D eigenvalue weighted by molar-refractivity contribution is 7.16. The number of carbonyl (C=O) groups is 1. The Hall–Kier alpha value is -0.590. The van der Waals surface area contributed by atoms with Gasteiger partial charge in [-0.05, 0) is 12.1 Å². The molecule has 0 aliphatic heterocycles. The van der Waals surface area contributed by atoms with Crippen molar-refractivity contribution in [2.24, 2.45) is 0 Å². The Balaban J connectivity index is 2.26. The second-order valence-electron chi connectivity index (χ2n) is 3.03. The lowest BCUT2D eigenvalue weighted by atomic mass is 10.2. The molecule has 1 aromatic rings. The van der Waals surface area contributed by atoms with Gasteiger partial charge in [0.15, 0.2) is 5.78 Å². The van der Waals surface area contributed by atoms with E-state index in [4.69, 9.17) is 11.6 Å². The normalized spacial score (nSPS) is 11.8. The molecule has 1 rings (SSSR count). The molecule has 0 radical (unpaired) electrons. The molecule has 7 heteroatoms. The van der Waals surface area contributed by atoms with Crippen molar-refractivity contribution in [3.63, 3.8) is 0 Å². The van der Waals surface area contributed by atoms with Crippen molar-refractivity contribution in [2.75, 3.05) is 13.2 Å². The number of halogens is 4. The molecule has 0 aliphatic rings. The van der Waals surface area contributed by atoms with Gasteiger partial charge in [0.1, 0.15) is 13.2 Å². The van der Waals surface area contributed by atoms with Gasteiger partial charge in [0, 0.05) is 11.3 Å². The fraction of sp³-hybridized carbons (Fsp3) is 0.444. The minimum absolute atomic E-state index is 0.0508. The zero-order valence-electron chi connectivity index (χ0n) is 8.01. The van der Waals surface area contributed by atoms with Crippen LogP contribution < -0.4 is 0 Å². The van der Waals surface area contributed by atoms with Crippen LogP contribution >= 0.6 is 22.9 Å².